The van der Waals surface area contributed by atoms with Crippen LogP contribution in [0.4, 0.5) is 0 Å². The molecule has 1 aliphatic heterocycles. The zero-order chi connectivity index (χ0) is 31.0. The van der Waals surface area contributed by atoms with Crippen molar-refractivity contribution >= 4 is 5.97 Å². The molecule has 0 radical (unpaired) electrons. The van der Waals surface area contributed by atoms with E-state index in [9.17, 15) is 35.4 Å². The topological polar surface area (TPSA) is 157 Å². The number of aliphatic carboxylic acids is 1. The van der Waals surface area contributed by atoms with Crippen LogP contribution in [-0.2, 0) is 14.3 Å². The highest BCUT2D eigenvalue weighted by Crippen LogP contribution is 2.60. The lowest BCUT2D eigenvalue weighted by atomic mass is 9.60. The summed E-state index contributed by atoms with van der Waals surface area (Å²) in [6.07, 6.45) is 4.09. The SMILES string of the molecule is C=C1CC[C@H](O)C/C1=C/C=C1\CCC[C@@]2(C)C1CC[C@@H]2C(C)CC[C@@H](O[C@@H]1O[C@H](C(=O)O)[C@@H](O)[C@H](O)[C@H]1O)C(C)(C)O. The molecule has 4 aliphatic rings. The number of ether oxygens (including phenoxy) is 2. The molecule has 9 nitrogen and oxygen atoms in total. The molecule has 0 amide bonds. The largest absolute Gasteiger partial charge is 0.479 e. The summed E-state index contributed by atoms with van der Waals surface area (Å²) in [6, 6.07) is 0. The summed E-state index contributed by atoms with van der Waals surface area (Å²) in [5.41, 5.74) is 2.63. The van der Waals surface area contributed by atoms with Gasteiger partial charge in [-0.1, -0.05) is 43.7 Å². The second-order valence-electron chi connectivity index (χ2n) is 14.1. The van der Waals surface area contributed by atoms with Gasteiger partial charge in [0.25, 0.3) is 0 Å². The molecule has 11 atom stereocenters. The molecule has 0 aromatic carbocycles. The van der Waals surface area contributed by atoms with E-state index in [1.54, 1.807) is 13.8 Å². The number of hydrogen-bond donors (Lipinski definition) is 6. The molecular weight excluding hydrogens is 540 g/mol. The Bertz CT molecular complexity index is 1040. The average molecular weight is 593 g/mol. The summed E-state index contributed by atoms with van der Waals surface area (Å²) in [6.45, 7) is 12.1. The molecule has 3 aliphatic carbocycles. The van der Waals surface area contributed by atoms with Crippen LogP contribution in [0.3, 0.4) is 0 Å². The molecule has 1 saturated heterocycles. The Morgan fingerprint density at radius 2 is 1.81 bits per heavy atom. The van der Waals surface area contributed by atoms with E-state index in [2.05, 4.69) is 32.6 Å². The minimum Gasteiger partial charge on any atom is -0.479 e. The number of rotatable bonds is 9. The van der Waals surface area contributed by atoms with Crippen LogP contribution in [0.2, 0.25) is 0 Å². The van der Waals surface area contributed by atoms with Gasteiger partial charge in [-0.3, -0.25) is 0 Å². The fraction of sp³-hybridized carbons (Fsp3) is 0.788. The van der Waals surface area contributed by atoms with Crippen molar-refractivity contribution in [3.05, 3.63) is 35.5 Å². The summed E-state index contributed by atoms with van der Waals surface area (Å²) in [5.74, 6) is -0.156. The number of allylic oxidation sites excluding steroid dienone is 4. The smallest absolute Gasteiger partial charge is 0.335 e. The van der Waals surface area contributed by atoms with Gasteiger partial charge in [0.05, 0.1) is 17.8 Å². The van der Waals surface area contributed by atoms with Crippen LogP contribution in [0.5, 0.6) is 0 Å². The third-order valence-electron chi connectivity index (χ3n) is 10.7. The van der Waals surface area contributed by atoms with Gasteiger partial charge in [-0.2, -0.15) is 0 Å². The van der Waals surface area contributed by atoms with Crippen molar-refractivity contribution in [3.8, 4) is 0 Å². The molecule has 0 bridgehead atoms. The first-order chi connectivity index (χ1) is 19.6. The second-order valence-corrected chi connectivity index (χ2v) is 14.1. The monoisotopic (exact) mass is 592 g/mol. The van der Waals surface area contributed by atoms with Crippen molar-refractivity contribution in [1.29, 1.82) is 0 Å². The quantitative estimate of drug-likeness (QED) is 0.235. The van der Waals surface area contributed by atoms with Gasteiger partial charge in [0.15, 0.2) is 12.4 Å². The van der Waals surface area contributed by atoms with Crippen LogP contribution in [-0.4, -0.2) is 85.1 Å². The van der Waals surface area contributed by atoms with Gasteiger partial charge >= 0.3 is 5.97 Å². The van der Waals surface area contributed by atoms with E-state index in [1.807, 2.05) is 0 Å². The van der Waals surface area contributed by atoms with Crippen molar-refractivity contribution < 1.29 is 44.9 Å². The van der Waals surface area contributed by atoms with Crippen LogP contribution in [0.1, 0.15) is 91.9 Å². The fourth-order valence-electron chi connectivity index (χ4n) is 8.14. The zero-order valence-electron chi connectivity index (χ0n) is 25.6. The Balaban J connectivity index is 1.42. The first kappa shape index (κ1) is 33.3. The second kappa shape index (κ2) is 13.2. The van der Waals surface area contributed by atoms with E-state index in [4.69, 9.17) is 9.47 Å². The number of aliphatic hydroxyl groups excluding tert-OH is 4. The highest BCUT2D eigenvalue weighted by molar-refractivity contribution is 5.73. The first-order valence-corrected chi connectivity index (χ1v) is 15.7. The van der Waals surface area contributed by atoms with Gasteiger partial charge in [-0.05, 0) is 107 Å². The lowest BCUT2D eigenvalue weighted by molar-refractivity contribution is -0.315. The predicted molar refractivity (Wildman–Crippen MR) is 157 cm³/mol. The molecule has 6 N–H and O–H groups in total. The Hall–Kier alpha value is -1.59. The van der Waals surface area contributed by atoms with Crippen LogP contribution >= 0.6 is 0 Å². The molecule has 4 rings (SSSR count). The molecule has 238 valence electrons. The average Bonchev–Trinajstić information content (AvgIpc) is 3.27. The third kappa shape index (κ3) is 7.04. The van der Waals surface area contributed by atoms with E-state index < -0.39 is 48.4 Å². The Labute approximate surface area is 249 Å². The maximum absolute atomic E-state index is 11.5. The highest BCUT2D eigenvalue weighted by Gasteiger charge is 2.51. The number of carbonyl (C=O) groups is 1. The molecule has 3 saturated carbocycles. The van der Waals surface area contributed by atoms with E-state index >= 15 is 0 Å². The van der Waals surface area contributed by atoms with Gasteiger partial charge < -0.3 is 40.1 Å². The fourth-order valence-corrected chi connectivity index (χ4v) is 8.14. The molecule has 0 aromatic rings. The van der Waals surface area contributed by atoms with E-state index in [0.717, 1.165) is 62.5 Å². The van der Waals surface area contributed by atoms with Crippen molar-refractivity contribution in [2.24, 2.45) is 23.2 Å². The van der Waals surface area contributed by atoms with Crippen molar-refractivity contribution in [2.45, 2.75) is 140 Å². The Morgan fingerprint density at radius 1 is 1.10 bits per heavy atom. The lowest BCUT2D eigenvalue weighted by Crippen LogP contribution is -2.61. The molecule has 0 spiro atoms. The Kier molecular flexibility index (Phi) is 10.5. The molecule has 42 heavy (non-hydrogen) atoms. The summed E-state index contributed by atoms with van der Waals surface area (Å²) in [4.78, 5) is 11.5. The van der Waals surface area contributed by atoms with Crippen LogP contribution in [0, 0.1) is 23.2 Å². The summed E-state index contributed by atoms with van der Waals surface area (Å²) >= 11 is 0. The maximum atomic E-state index is 11.5. The first-order valence-electron chi connectivity index (χ1n) is 15.7. The predicted octanol–water partition coefficient (Wildman–Crippen LogP) is 3.62. The molecule has 9 heteroatoms. The van der Waals surface area contributed by atoms with Gasteiger partial charge in [-0.25, -0.2) is 4.79 Å². The number of aliphatic hydroxyl groups is 5. The number of carboxylic acids is 1. The molecule has 2 unspecified atom stereocenters. The zero-order valence-corrected chi connectivity index (χ0v) is 25.6. The number of carboxylic acid groups (broad SMARTS) is 1. The molecular formula is C33H52O9. The normalized spacial score (nSPS) is 41.1. The van der Waals surface area contributed by atoms with Crippen molar-refractivity contribution in [2.75, 3.05) is 0 Å². The maximum Gasteiger partial charge on any atom is 0.335 e. The van der Waals surface area contributed by atoms with E-state index in [0.29, 0.717) is 30.6 Å². The van der Waals surface area contributed by atoms with Crippen molar-refractivity contribution in [3.63, 3.8) is 0 Å². The third-order valence-corrected chi connectivity index (χ3v) is 10.7. The lowest BCUT2D eigenvalue weighted by Gasteiger charge is -2.45. The summed E-state index contributed by atoms with van der Waals surface area (Å²) in [7, 11) is 0. The van der Waals surface area contributed by atoms with Crippen LogP contribution < -0.4 is 0 Å². The van der Waals surface area contributed by atoms with E-state index in [1.165, 1.54) is 5.57 Å². The minimum atomic E-state index is -1.80. The van der Waals surface area contributed by atoms with Gasteiger partial charge in [-0.15, -0.1) is 0 Å². The Morgan fingerprint density at radius 3 is 2.48 bits per heavy atom. The number of hydrogen-bond acceptors (Lipinski definition) is 8. The molecule has 4 fully saturated rings. The van der Waals surface area contributed by atoms with Gasteiger partial charge in [0, 0.05) is 0 Å². The van der Waals surface area contributed by atoms with Gasteiger partial charge in [0.2, 0.25) is 0 Å². The van der Waals surface area contributed by atoms with Gasteiger partial charge in [0.1, 0.15) is 18.3 Å². The highest BCUT2D eigenvalue weighted by atomic mass is 16.7. The summed E-state index contributed by atoms with van der Waals surface area (Å²) in [5, 5.41) is 61.1. The standard InChI is InChI=1S/C33H52O9/c1-18-8-12-22(34)17-21(18)11-10-20-7-6-16-33(5)23(13-14-24(20)33)19(2)9-15-25(32(3,4)40)41-31-28(37)26(35)27(36)29(42-31)30(38)39/h10-11,19,22-29,31,34-37,40H,1,6-9,12-17H2,2-5H3,(H,38,39)/b20-10+,21-11-/t19?,22-,23+,24?,25+,26-,27-,28+,29-,31+,33+/m0/s1. The number of fused-ring (bicyclic) bond motifs is 1. The summed E-state index contributed by atoms with van der Waals surface area (Å²) < 4.78 is 11.3. The van der Waals surface area contributed by atoms with Crippen LogP contribution in [0.25, 0.3) is 0 Å². The molecule has 1 heterocycles. The van der Waals surface area contributed by atoms with Crippen LogP contribution in [0.15, 0.2) is 35.5 Å². The van der Waals surface area contributed by atoms with Crippen molar-refractivity contribution in [1.82, 2.24) is 0 Å². The molecule has 0 aromatic heterocycles. The van der Waals surface area contributed by atoms with E-state index in [-0.39, 0.29) is 11.5 Å². The minimum absolute atomic E-state index is 0.161.